The Bertz CT molecular complexity index is 373. The minimum Gasteiger partial charge on any atom is -0.492 e. The van der Waals surface area contributed by atoms with Crippen molar-refractivity contribution in [3.8, 4) is 5.75 Å². The van der Waals surface area contributed by atoms with Crippen LogP contribution in [0.3, 0.4) is 0 Å². The Balaban J connectivity index is 1.70. The van der Waals surface area contributed by atoms with Gasteiger partial charge in [-0.15, -0.1) is 0 Å². The van der Waals surface area contributed by atoms with Gasteiger partial charge in [0.05, 0.1) is 18.5 Å². The summed E-state index contributed by atoms with van der Waals surface area (Å²) in [5.41, 5.74) is 1.06. The van der Waals surface area contributed by atoms with Gasteiger partial charge in [-0.2, -0.15) is 0 Å². The molecule has 1 aliphatic heterocycles. The summed E-state index contributed by atoms with van der Waals surface area (Å²) in [5.74, 6) is 2.15. The van der Waals surface area contributed by atoms with Gasteiger partial charge in [-0.1, -0.05) is 13.8 Å². The number of nitrogens with one attached hydrogen (secondary N) is 1. The van der Waals surface area contributed by atoms with Crippen LogP contribution >= 0.6 is 0 Å². The topological polar surface area (TPSA) is 43.4 Å². The van der Waals surface area contributed by atoms with E-state index >= 15 is 0 Å². The Kier molecular flexibility index (Phi) is 6.27. The van der Waals surface area contributed by atoms with Crippen molar-refractivity contribution in [1.82, 2.24) is 10.3 Å². The van der Waals surface area contributed by atoms with E-state index in [1.807, 2.05) is 18.3 Å². The van der Waals surface area contributed by atoms with Gasteiger partial charge in [0.25, 0.3) is 0 Å². The molecule has 112 valence electrons. The van der Waals surface area contributed by atoms with Gasteiger partial charge >= 0.3 is 0 Å². The molecule has 1 saturated heterocycles. The number of hydrogen-bond donors (Lipinski definition) is 1. The quantitative estimate of drug-likeness (QED) is 0.832. The third-order valence-electron chi connectivity index (χ3n) is 3.48. The van der Waals surface area contributed by atoms with Gasteiger partial charge in [-0.05, 0) is 43.4 Å². The second-order valence-corrected chi connectivity index (χ2v) is 5.88. The van der Waals surface area contributed by atoms with Gasteiger partial charge in [0, 0.05) is 19.8 Å². The van der Waals surface area contributed by atoms with Crippen LogP contribution in [0.1, 0.15) is 32.4 Å². The summed E-state index contributed by atoms with van der Waals surface area (Å²) >= 11 is 0. The van der Waals surface area contributed by atoms with Crippen molar-refractivity contribution in [2.75, 3.05) is 26.4 Å². The van der Waals surface area contributed by atoms with Crippen molar-refractivity contribution in [2.24, 2.45) is 11.8 Å². The zero-order valence-corrected chi connectivity index (χ0v) is 12.6. The highest BCUT2D eigenvalue weighted by molar-refractivity contribution is 5.19. The van der Waals surface area contributed by atoms with Crippen LogP contribution < -0.4 is 10.1 Å². The highest BCUT2D eigenvalue weighted by Crippen LogP contribution is 2.17. The monoisotopic (exact) mass is 278 g/mol. The van der Waals surface area contributed by atoms with Crippen molar-refractivity contribution in [2.45, 2.75) is 33.2 Å². The second kappa shape index (κ2) is 8.22. The molecule has 2 heterocycles. The fourth-order valence-electron chi connectivity index (χ4n) is 2.22. The van der Waals surface area contributed by atoms with E-state index in [0.717, 1.165) is 57.2 Å². The molecule has 20 heavy (non-hydrogen) atoms. The van der Waals surface area contributed by atoms with Crippen LogP contribution in [0, 0.1) is 11.8 Å². The third-order valence-corrected chi connectivity index (χ3v) is 3.48. The fourth-order valence-corrected chi connectivity index (χ4v) is 2.22. The minimum absolute atomic E-state index is 0.621. The zero-order valence-electron chi connectivity index (χ0n) is 12.6. The lowest BCUT2D eigenvalue weighted by Crippen LogP contribution is -2.21. The van der Waals surface area contributed by atoms with E-state index in [2.05, 4.69) is 24.1 Å². The first kappa shape index (κ1) is 15.3. The normalized spacial score (nSPS) is 16.6. The van der Waals surface area contributed by atoms with Crippen LogP contribution in [0.2, 0.25) is 0 Å². The summed E-state index contributed by atoms with van der Waals surface area (Å²) in [6.45, 7) is 8.75. The molecule has 1 fully saturated rings. The van der Waals surface area contributed by atoms with E-state index < -0.39 is 0 Å². The molecule has 0 spiro atoms. The third kappa shape index (κ3) is 5.47. The lowest BCUT2D eigenvalue weighted by atomic mass is 10.0. The first-order valence-corrected chi connectivity index (χ1v) is 7.60. The molecule has 0 amide bonds. The van der Waals surface area contributed by atoms with Crippen molar-refractivity contribution in [3.05, 3.63) is 24.0 Å². The van der Waals surface area contributed by atoms with Gasteiger partial charge in [-0.25, -0.2) is 0 Å². The van der Waals surface area contributed by atoms with E-state index in [1.165, 1.54) is 0 Å². The van der Waals surface area contributed by atoms with E-state index in [-0.39, 0.29) is 0 Å². The number of pyridine rings is 1. The summed E-state index contributed by atoms with van der Waals surface area (Å²) in [6, 6.07) is 4.05. The standard InChI is InChI=1S/C16H26N2O2/c1-13(2)9-17-10-15-3-4-16(11-18-15)20-12-14-5-7-19-8-6-14/h3-4,11,13-14,17H,5-10,12H2,1-2H3. The van der Waals surface area contributed by atoms with Crippen molar-refractivity contribution >= 4 is 0 Å². The Morgan fingerprint density at radius 3 is 2.80 bits per heavy atom. The first-order valence-electron chi connectivity index (χ1n) is 7.60. The number of nitrogens with zero attached hydrogens (tertiary/aromatic N) is 1. The van der Waals surface area contributed by atoms with Gasteiger partial charge in [0.1, 0.15) is 5.75 Å². The summed E-state index contributed by atoms with van der Waals surface area (Å²) in [7, 11) is 0. The molecule has 0 aliphatic carbocycles. The molecule has 2 rings (SSSR count). The van der Waals surface area contributed by atoms with Crippen LogP contribution in [0.5, 0.6) is 5.75 Å². The molecule has 0 atom stereocenters. The van der Waals surface area contributed by atoms with Gasteiger partial charge in [0.15, 0.2) is 0 Å². The lowest BCUT2D eigenvalue weighted by molar-refractivity contribution is 0.0497. The molecule has 1 aliphatic rings. The summed E-state index contributed by atoms with van der Waals surface area (Å²) in [6.07, 6.45) is 4.03. The molecule has 1 aromatic heterocycles. The summed E-state index contributed by atoms with van der Waals surface area (Å²) in [4.78, 5) is 4.43. The average molecular weight is 278 g/mol. The molecule has 1 N–H and O–H groups in total. The van der Waals surface area contributed by atoms with Crippen LogP contribution in [0.25, 0.3) is 0 Å². The second-order valence-electron chi connectivity index (χ2n) is 5.88. The van der Waals surface area contributed by atoms with Crippen LogP contribution in [-0.4, -0.2) is 31.3 Å². The van der Waals surface area contributed by atoms with Crippen LogP contribution in [0.4, 0.5) is 0 Å². The van der Waals surface area contributed by atoms with E-state index in [1.54, 1.807) is 0 Å². The van der Waals surface area contributed by atoms with Crippen LogP contribution in [-0.2, 0) is 11.3 Å². The van der Waals surface area contributed by atoms with Gasteiger partial charge in [0.2, 0.25) is 0 Å². The Morgan fingerprint density at radius 1 is 1.35 bits per heavy atom. The zero-order chi connectivity index (χ0) is 14.2. The van der Waals surface area contributed by atoms with Crippen molar-refractivity contribution in [1.29, 1.82) is 0 Å². The predicted molar refractivity (Wildman–Crippen MR) is 79.8 cm³/mol. The number of hydrogen-bond acceptors (Lipinski definition) is 4. The molecular formula is C16H26N2O2. The predicted octanol–water partition coefficient (Wildman–Crippen LogP) is 2.63. The fraction of sp³-hybridized carbons (Fsp3) is 0.688. The molecule has 0 unspecified atom stereocenters. The van der Waals surface area contributed by atoms with E-state index in [0.29, 0.717) is 11.8 Å². The smallest absolute Gasteiger partial charge is 0.137 e. The summed E-state index contributed by atoms with van der Waals surface area (Å²) < 4.78 is 11.2. The maximum absolute atomic E-state index is 5.80. The van der Waals surface area contributed by atoms with Crippen molar-refractivity contribution < 1.29 is 9.47 Å². The molecule has 0 bridgehead atoms. The Labute approximate surface area is 121 Å². The maximum Gasteiger partial charge on any atom is 0.137 e. The molecule has 0 saturated carbocycles. The minimum atomic E-state index is 0.621. The maximum atomic E-state index is 5.80. The first-order chi connectivity index (χ1) is 9.74. The van der Waals surface area contributed by atoms with Gasteiger partial charge < -0.3 is 14.8 Å². The molecule has 0 aromatic carbocycles. The van der Waals surface area contributed by atoms with Crippen LogP contribution in [0.15, 0.2) is 18.3 Å². The molecule has 4 heteroatoms. The van der Waals surface area contributed by atoms with Gasteiger partial charge in [-0.3, -0.25) is 4.98 Å². The largest absolute Gasteiger partial charge is 0.492 e. The highest BCUT2D eigenvalue weighted by atomic mass is 16.5. The number of rotatable bonds is 7. The van der Waals surface area contributed by atoms with Crippen molar-refractivity contribution in [3.63, 3.8) is 0 Å². The Hall–Kier alpha value is -1.13. The molecule has 0 radical (unpaired) electrons. The van der Waals surface area contributed by atoms with E-state index in [4.69, 9.17) is 9.47 Å². The molecule has 4 nitrogen and oxygen atoms in total. The molecular weight excluding hydrogens is 252 g/mol. The lowest BCUT2D eigenvalue weighted by Gasteiger charge is -2.21. The number of ether oxygens (including phenoxy) is 2. The molecule has 1 aromatic rings. The summed E-state index contributed by atoms with van der Waals surface area (Å²) in [5, 5.41) is 3.39. The SMILES string of the molecule is CC(C)CNCc1ccc(OCC2CCOCC2)cn1. The van der Waals surface area contributed by atoms with E-state index in [9.17, 15) is 0 Å². The number of aromatic nitrogens is 1. The Morgan fingerprint density at radius 2 is 2.15 bits per heavy atom. The highest BCUT2D eigenvalue weighted by Gasteiger charge is 2.14. The average Bonchev–Trinajstić information content (AvgIpc) is 2.47.